The average molecular weight is 466 g/mol. The summed E-state index contributed by atoms with van der Waals surface area (Å²) in [5, 5.41) is 21.8. The normalized spacial score (nSPS) is 18.6. The van der Waals surface area contributed by atoms with E-state index < -0.39 is 5.54 Å². The molecule has 3 heterocycles. The molecular formula is C25H32FN7O. The number of nitrogens with one attached hydrogen (secondary N) is 2. The summed E-state index contributed by atoms with van der Waals surface area (Å²) in [4.78, 5) is 13.4. The molecule has 1 aliphatic rings. The first-order valence-corrected chi connectivity index (χ1v) is 11.9. The Balaban J connectivity index is 1.72. The Morgan fingerprint density at radius 2 is 2.06 bits per heavy atom. The Bertz CT molecular complexity index is 1180. The molecule has 0 spiro atoms. The monoisotopic (exact) mass is 465 g/mol. The van der Waals surface area contributed by atoms with Gasteiger partial charge in [-0.1, -0.05) is 45.7 Å². The van der Waals surface area contributed by atoms with Crippen LogP contribution in [0.3, 0.4) is 0 Å². The van der Waals surface area contributed by atoms with Gasteiger partial charge in [0.2, 0.25) is 5.82 Å². The maximum atomic E-state index is 15.3. The number of amides is 1. The van der Waals surface area contributed by atoms with Gasteiger partial charge < -0.3 is 5.32 Å². The second-order valence-electron chi connectivity index (χ2n) is 9.64. The van der Waals surface area contributed by atoms with Gasteiger partial charge in [-0.05, 0) is 54.2 Å². The third-order valence-electron chi connectivity index (χ3n) is 6.22. The minimum atomic E-state index is -0.951. The summed E-state index contributed by atoms with van der Waals surface area (Å²) in [6.45, 7) is 8.98. The minimum Gasteiger partial charge on any atom is -0.342 e. The zero-order valence-corrected chi connectivity index (χ0v) is 20.2. The van der Waals surface area contributed by atoms with Gasteiger partial charge in [-0.2, -0.15) is 10.3 Å². The molecule has 8 nitrogen and oxygen atoms in total. The number of halogens is 1. The molecule has 0 fully saturated rings. The first-order valence-electron chi connectivity index (χ1n) is 11.9. The van der Waals surface area contributed by atoms with Crippen molar-refractivity contribution in [1.29, 1.82) is 0 Å². The molecule has 0 radical (unpaired) electrons. The number of aromatic nitrogens is 6. The van der Waals surface area contributed by atoms with E-state index in [0.717, 1.165) is 37.8 Å². The largest absolute Gasteiger partial charge is 0.342 e. The molecule has 1 amide bonds. The van der Waals surface area contributed by atoms with Crippen LogP contribution in [0.4, 0.5) is 4.39 Å². The van der Waals surface area contributed by atoms with Crippen molar-refractivity contribution in [2.75, 3.05) is 0 Å². The van der Waals surface area contributed by atoms with Crippen LogP contribution in [-0.4, -0.2) is 36.3 Å². The number of aryl methyl sites for hydroxylation is 1. The van der Waals surface area contributed by atoms with Crippen LogP contribution in [0.25, 0.3) is 11.1 Å². The zero-order chi connectivity index (χ0) is 24.3. The minimum absolute atomic E-state index is 0.194. The van der Waals surface area contributed by atoms with Crippen molar-refractivity contribution < 1.29 is 9.18 Å². The lowest BCUT2D eigenvalue weighted by molar-refractivity contribution is -0.117. The van der Waals surface area contributed by atoms with Gasteiger partial charge in [0.15, 0.2) is 0 Å². The molecule has 1 atom stereocenters. The zero-order valence-electron chi connectivity index (χ0n) is 20.2. The quantitative estimate of drug-likeness (QED) is 0.460. The van der Waals surface area contributed by atoms with E-state index in [0.29, 0.717) is 34.7 Å². The predicted molar refractivity (Wildman–Crippen MR) is 128 cm³/mol. The number of unbranched alkanes of at least 4 members (excludes halogenated alkanes) is 2. The molecule has 0 bridgehead atoms. The van der Waals surface area contributed by atoms with Crippen LogP contribution < -0.4 is 5.32 Å². The molecule has 0 aliphatic carbocycles. The highest BCUT2D eigenvalue weighted by Gasteiger charge is 2.41. The van der Waals surface area contributed by atoms with Gasteiger partial charge in [-0.15, -0.1) is 10.2 Å². The van der Waals surface area contributed by atoms with E-state index in [-0.39, 0.29) is 17.5 Å². The number of H-pyrrole nitrogens is 1. The fourth-order valence-corrected chi connectivity index (χ4v) is 4.56. The fourth-order valence-electron chi connectivity index (χ4n) is 4.56. The molecular weight excluding hydrogens is 433 g/mol. The maximum Gasteiger partial charge on any atom is 0.256 e. The van der Waals surface area contributed by atoms with Crippen molar-refractivity contribution >= 4 is 17.1 Å². The summed E-state index contributed by atoms with van der Waals surface area (Å²) < 4.78 is 17.2. The van der Waals surface area contributed by atoms with Gasteiger partial charge in [-0.25, -0.2) is 4.39 Å². The number of aromatic amines is 1. The number of hydrogen-bond donors (Lipinski definition) is 2. The van der Waals surface area contributed by atoms with Crippen molar-refractivity contribution in [3.63, 3.8) is 0 Å². The molecule has 2 aromatic heterocycles. The second-order valence-corrected chi connectivity index (χ2v) is 9.64. The molecule has 2 N–H and O–H groups in total. The number of carbonyl (C=O) groups is 1. The highest BCUT2D eigenvalue weighted by Crippen LogP contribution is 2.41. The molecule has 180 valence electrons. The Morgan fingerprint density at radius 1 is 1.24 bits per heavy atom. The molecule has 9 heteroatoms. The summed E-state index contributed by atoms with van der Waals surface area (Å²) >= 11 is 0. The van der Waals surface area contributed by atoms with Crippen LogP contribution >= 0.6 is 0 Å². The molecule has 0 unspecified atom stereocenters. The van der Waals surface area contributed by atoms with Crippen LogP contribution in [0.2, 0.25) is 0 Å². The van der Waals surface area contributed by atoms with E-state index in [1.807, 2.05) is 29.9 Å². The van der Waals surface area contributed by atoms with Crippen molar-refractivity contribution in [1.82, 2.24) is 35.7 Å². The molecule has 3 aromatic rings. The fraction of sp³-hybridized carbons (Fsp3) is 0.480. The van der Waals surface area contributed by atoms with Crippen molar-refractivity contribution in [2.45, 2.75) is 71.9 Å². The van der Waals surface area contributed by atoms with Gasteiger partial charge in [0, 0.05) is 24.7 Å². The summed E-state index contributed by atoms with van der Waals surface area (Å²) in [7, 11) is 0. The van der Waals surface area contributed by atoms with Crippen LogP contribution in [0.15, 0.2) is 30.5 Å². The summed E-state index contributed by atoms with van der Waals surface area (Å²) in [6.07, 6.45) is 6.35. The third-order valence-corrected chi connectivity index (χ3v) is 6.22. The lowest BCUT2D eigenvalue weighted by Crippen LogP contribution is -2.48. The molecule has 1 aliphatic heterocycles. The molecule has 1 aromatic carbocycles. The predicted octanol–water partition coefficient (Wildman–Crippen LogP) is 4.27. The standard InChI is InChI=1S/C25H32FN7O/c1-5-6-7-8-17-9-10-19(20(26)13-17)25(4)14-18(21-11-12-33(30-21)15-16(2)3)22(24(34)27-25)23-28-31-32-29-23/h9-13,16H,5-8,14-15H2,1-4H3,(H,27,34)(H,28,29,31,32)/t25-/m0/s1. The van der Waals surface area contributed by atoms with E-state index in [2.05, 4.69) is 46.7 Å². The number of tetrazole rings is 1. The van der Waals surface area contributed by atoms with E-state index in [1.165, 1.54) is 0 Å². The van der Waals surface area contributed by atoms with Gasteiger partial charge in [0.05, 0.1) is 16.8 Å². The Kier molecular flexibility index (Phi) is 6.90. The second kappa shape index (κ2) is 9.87. The number of carbonyl (C=O) groups excluding carboxylic acids is 1. The third kappa shape index (κ3) is 4.93. The lowest BCUT2D eigenvalue weighted by atomic mass is 9.79. The average Bonchev–Trinajstić information content (AvgIpc) is 3.45. The Labute approximate surface area is 199 Å². The summed E-state index contributed by atoms with van der Waals surface area (Å²) in [6, 6.07) is 7.23. The van der Waals surface area contributed by atoms with Gasteiger partial charge in [0.1, 0.15) is 5.82 Å². The summed E-state index contributed by atoms with van der Waals surface area (Å²) in [5.41, 5.74) is 2.09. The van der Waals surface area contributed by atoms with Crippen LogP contribution in [0, 0.1) is 11.7 Å². The van der Waals surface area contributed by atoms with Gasteiger partial charge in [-0.3, -0.25) is 9.48 Å². The topological polar surface area (TPSA) is 101 Å². The smallest absolute Gasteiger partial charge is 0.256 e. The van der Waals surface area contributed by atoms with Crippen LogP contribution in [-0.2, 0) is 23.3 Å². The first kappa shape index (κ1) is 23.8. The number of hydrogen-bond acceptors (Lipinski definition) is 5. The molecule has 34 heavy (non-hydrogen) atoms. The first-order chi connectivity index (χ1) is 16.3. The molecule has 0 saturated carbocycles. The van der Waals surface area contributed by atoms with Gasteiger partial charge in [0.25, 0.3) is 5.91 Å². The lowest BCUT2D eigenvalue weighted by Gasteiger charge is -2.37. The van der Waals surface area contributed by atoms with Crippen LogP contribution in [0.5, 0.6) is 0 Å². The van der Waals surface area contributed by atoms with Crippen LogP contribution in [0.1, 0.15) is 76.0 Å². The van der Waals surface area contributed by atoms with Crippen molar-refractivity contribution in [3.05, 3.63) is 58.9 Å². The number of rotatable bonds is 9. The van der Waals surface area contributed by atoms with Crippen molar-refractivity contribution in [2.24, 2.45) is 5.92 Å². The highest BCUT2D eigenvalue weighted by atomic mass is 19.1. The van der Waals surface area contributed by atoms with Gasteiger partial charge >= 0.3 is 0 Å². The Morgan fingerprint density at radius 3 is 2.74 bits per heavy atom. The molecule has 0 saturated heterocycles. The van der Waals surface area contributed by atoms with Crippen molar-refractivity contribution in [3.8, 4) is 0 Å². The molecule has 4 rings (SSSR count). The van der Waals surface area contributed by atoms with E-state index in [1.54, 1.807) is 12.1 Å². The highest BCUT2D eigenvalue weighted by molar-refractivity contribution is 6.27. The SMILES string of the molecule is CCCCCc1ccc([C@]2(C)CC(c3ccn(CC(C)C)n3)=C(c3nn[nH]n3)C(=O)N2)c(F)c1. The van der Waals surface area contributed by atoms with E-state index >= 15 is 4.39 Å². The number of nitrogens with zero attached hydrogens (tertiary/aromatic N) is 5. The Hall–Kier alpha value is -3.36. The summed E-state index contributed by atoms with van der Waals surface area (Å²) in [5.74, 6) is -0.0811. The number of benzene rings is 1. The van der Waals surface area contributed by atoms with E-state index in [4.69, 9.17) is 5.10 Å². The van der Waals surface area contributed by atoms with E-state index in [9.17, 15) is 4.79 Å². The maximum absolute atomic E-state index is 15.3.